The van der Waals surface area contributed by atoms with E-state index < -0.39 is 24.5 Å². The van der Waals surface area contributed by atoms with Crippen LogP contribution in [0.2, 0.25) is 0 Å². The van der Waals surface area contributed by atoms with E-state index in [1.54, 1.807) is 0 Å². The Hall–Kier alpha value is -1.48. The van der Waals surface area contributed by atoms with Crippen LogP contribution >= 0.6 is 0 Å². The Morgan fingerprint density at radius 1 is 0.850 bits per heavy atom. The zero-order valence-electron chi connectivity index (χ0n) is 11.0. The third-order valence-corrected chi connectivity index (χ3v) is 2.08. The van der Waals surface area contributed by atoms with E-state index in [2.05, 4.69) is 9.47 Å². The second kappa shape index (κ2) is 11.4. The van der Waals surface area contributed by atoms with Crippen molar-refractivity contribution in [3.8, 4) is 0 Å². The van der Waals surface area contributed by atoms with Gasteiger partial charge in [0.1, 0.15) is 0 Å². The summed E-state index contributed by atoms with van der Waals surface area (Å²) in [6.45, 7) is -0.273. The van der Waals surface area contributed by atoms with E-state index >= 15 is 0 Å². The summed E-state index contributed by atoms with van der Waals surface area (Å²) in [4.78, 5) is 22.3. The maximum atomic E-state index is 11.1. The summed E-state index contributed by atoms with van der Waals surface area (Å²) in [5.74, 6) is -1.89. The molecule has 8 nitrogen and oxygen atoms in total. The van der Waals surface area contributed by atoms with Crippen LogP contribution in [0, 0.1) is 0 Å². The molecule has 0 aromatic heterocycles. The van der Waals surface area contributed by atoms with Crippen molar-refractivity contribution >= 4 is 11.9 Å². The predicted molar refractivity (Wildman–Crippen MR) is 66.0 cm³/mol. The fourth-order valence-corrected chi connectivity index (χ4v) is 1.13. The Kier molecular flexibility index (Phi) is 10.5. The highest BCUT2D eigenvalue weighted by Crippen LogP contribution is 2.01. The molecule has 0 saturated heterocycles. The van der Waals surface area contributed by atoms with Crippen LogP contribution in [0.4, 0.5) is 0 Å². The van der Waals surface area contributed by atoms with Gasteiger partial charge in [0.25, 0.3) is 0 Å². The Morgan fingerprint density at radius 2 is 1.20 bits per heavy atom. The second-order valence-corrected chi connectivity index (χ2v) is 3.85. The molecule has 0 spiro atoms. The molecule has 0 aliphatic rings. The van der Waals surface area contributed by atoms with Crippen LogP contribution in [0.25, 0.3) is 0 Å². The molecule has 0 heterocycles. The van der Waals surface area contributed by atoms with Crippen LogP contribution in [-0.2, 0) is 19.1 Å². The molecule has 0 radical (unpaired) electrons. The van der Waals surface area contributed by atoms with Gasteiger partial charge in [-0.05, 0) is 12.8 Å². The summed E-state index contributed by atoms with van der Waals surface area (Å²) >= 11 is 0. The van der Waals surface area contributed by atoms with Gasteiger partial charge in [-0.1, -0.05) is 0 Å². The summed E-state index contributed by atoms with van der Waals surface area (Å²) in [5.41, 5.74) is 0. The number of aliphatic hydroxyl groups excluding tert-OH is 4. The maximum absolute atomic E-state index is 11.1. The van der Waals surface area contributed by atoms with Gasteiger partial charge in [0.05, 0.1) is 0 Å². The van der Waals surface area contributed by atoms with Gasteiger partial charge in [0.2, 0.25) is 12.6 Å². The minimum absolute atomic E-state index is 0.0837. The lowest BCUT2D eigenvalue weighted by molar-refractivity contribution is -0.166. The van der Waals surface area contributed by atoms with Gasteiger partial charge in [0, 0.05) is 38.2 Å². The van der Waals surface area contributed by atoms with Crippen molar-refractivity contribution in [3.05, 3.63) is 12.2 Å². The zero-order valence-corrected chi connectivity index (χ0v) is 11.0. The number of carbonyl (C=O) groups is 2. The van der Waals surface area contributed by atoms with E-state index in [0.717, 1.165) is 12.2 Å². The fourth-order valence-electron chi connectivity index (χ4n) is 1.13. The van der Waals surface area contributed by atoms with Gasteiger partial charge < -0.3 is 29.9 Å². The highest BCUT2D eigenvalue weighted by Gasteiger charge is 2.10. The smallest absolute Gasteiger partial charge is 0.333 e. The van der Waals surface area contributed by atoms with Crippen LogP contribution in [0.1, 0.15) is 25.7 Å². The van der Waals surface area contributed by atoms with Crippen molar-refractivity contribution in [1.82, 2.24) is 0 Å². The lowest BCUT2D eigenvalue weighted by Gasteiger charge is -2.10. The largest absolute Gasteiger partial charge is 0.433 e. The van der Waals surface area contributed by atoms with Crippen LogP contribution in [0.15, 0.2) is 12.2 Å². The Labute approximate surface area is 116 Å². The third-order valence-electron chi connectivity index (χ3n) is 2.08. The minimum Gasteiger partial charge on any atom is -0.433 e. The van der Waals surface area contributed by atoms with Gasteiger partial charge in [-0.15, -0.1) is 0 Å². The van der Waals surface area contributed by atoms with Gasteiger partial charge in [-0.3, -0.25) is 0 Å². The number of hydrogen-bond donors (Lipinski definition) is 4. The van der Waals surface area contributed by atoms with E-state index in [4.69, 9.17) is 10.2 Å². The molecule has 0 aromatic rings. The van der Waals surface area contributed by atoms with Crippen LogP contribution in [-0.4, -0.2) is 58.2 Å². The third kappa shape index (κ3) is 10.4. The molecule has 8 heteroatoms. The minimum atomic E-state index is -1.36. The van der Waals surface area contributed by atoms with Crippen molar-refractivity contribution in [2.24, 2.45) is 0 Å². The lowest BCUT2D eigenvalue weighted by atomic mass is 10.3. The van der Waals surface area contributed by atoms with Gasteiger partial charge >= 0.3 is 11.9 Å². The van der Waals surface area contributed by atoms with Crippen LogP contribution in [0.5, 0.6) is 0 Å². The van der Waals surface area contributed by atoms with Crippen LogP contribution in [0.3, 0.4) is 0 Å². The quantitative estimate of drug-likeness (QED) is 0.224. The summed E-state index contributed by atoms with van der Waals surface area (Å²) in [6.07, 6.45) is -0.488. The molecule has 2 unspecified atom stereocenters. The molecule has 0 saturated carbocycles. The van der Waals surface area contributed by atoms with Gasteiger partial charge in [0.15, 0.2) is 0 Å². The first-order valence-corrected chi connectivity index (χ1v) is 6.16. The van der Waals surface area contributed by atoms with Crippen molar-refractivity contribution < 1.29 is 39.5 Å². The Balaban J connectivity index is 3.96. The van der Waals surface area contributed by atoms with E-state index in [0.29, 0.717) is 0 Å². The van der Waals surface area contributed by atoms with Crippen molar-refractivity contribution in [2.45, 2.75) is 38.3 Å². The molecular formula is C12H20O8. The molecule has 0 rings (SSSR count). The highest BCUT2D eigenvalue weighted by atomic mass is 16.6. The normalized spacial score (nSPS) is 14.0. The van der Waals surface area contributed by atoms with Gasteiger partial charge in [-0.2, -0.15) is 0 Å². The first kappa shape index (κ1) is 18.5. The molecule has 0 aromatic carbocycles. The summed E-state index contributed by atoms with van der Waals surface area (Å²) in [6, 6.07) is 0. The molecule has 4 N–H and O–H groups in total. The summed E-state index contributed by atoms with van der Waals surface area (Å²) in [5, 5.41) is 35.4. The number of carbonyl (C=O) groups excluding carboxylic acids is 2. The second-order valence-electron chi connectivity index (χ2n) is 3.85. The molecule has 116 valence electrons. The molecule has 0 bridgehead atoms. The number of esters is 2. The molecule has 0 fully saturated rings. The standard InChI is InChI=1S/C12H20O8/c13-7-1-3-9(15)19-11(17)5-6-12(18)20-10(16)4-2-8-14/h5-6,9-10,13-16H,1-4,7-8H2/b6-5+. The zero-order chi connectivity index (χ0) is 15.4. The molecule has 2 atom stereocenters. The monoisotopic (exact) mass is 292 g/mol. The summed E-state index contributed by atoms with van der Waals surface area (Å²) in [7, 11) is 0. The van der Waals surface area contributed by atoms with Crippen molar-refractivity contribution in [3.63, 3.8) is 0 Å². The molecule has 0 amide bonds. The SMILES string of the molecule is O=C(/C=C/C(=O)OC(O)CCCO)OC(O)CCCO. The first-order chi connectivity index (χ1) is 9.49. The highest BCUT2D eigenvalue weighted by molar-refractivity contribution is 5.91. The maximum Gasteiger partial charge on any atom is 0.333 e. The van der Waals surface area contributed by atoms with E-state index in [-0.39, 0.29) is 38.9 Å². The van der Waals surface area contributed by atoms with Crippen molar-refractivity contribution in [1.29, 1.82) is 0 Å². The average molecular weight is 292 g/mol. The average Bonchev–Trinajstić information content (AvgIpc) is 2.40. The van der Waals surface area contributed by atoms with Gasteiger partial charge in [-0.25, -0.2) is 9.59 Å². The first-order valence-electron chi connectivity index (χ1n) is 6.16. The lowest BCUT2D eigenvalue weighted by Crippen LogP contribution is -2.18. The molecule has 0 aliphatic heterocycles. The Morgan fingerprint density at radius 3 is 1.50 bits per heavy atom. The van der Waals surface area contributed by atoms with E-state index in [1.807, 2.05) is 0 Å². The number of ether oxygens (including phenoxy) is 2. The number of hydrogen-bond acceptors (Lipinski definition) is 8. The summed E-state index contributed by atoms with van der Waals surface area (Å²) < 4.78 is 8.98. The molecular weight excluding hydrogens is 272 g/mol. The number of aliphatic hydroxyl groups is 4. The van der Waals surface area contributed by atoms with Crippen molar-refractivity contribution in [2.75, 3.05) is 13.2 Å². The fraction of sp³-hybridized carbons (Fsp3) is 0.667. The molecule has 0 aliphatic carbocycles. The van der Waals surface area contributed by atoms with E-state index in [9.17, 15) is 19.8 Å². The molecule has 20 heavy (non-hydrogen) atoms. The van der Waals surface area contributed by atoms with E-state index in [1.165, 1.54) is 0 Å². The Bertz CT molecular complexity index is 285. The number of rotatable bonds is 10. The topological polar surface area (TPSA) is 134 Å². The van der Waals surface area contributed by atoms with Crippen LogP contribution < -0.4 is 0 Å². The predicted octanol–water partition coefficient (Wildman–Crippen LogP) is -1.19.